The van der Waals surface area contributed by atoms with Crippen LogP contribution < -0.4 is 10.6 Å². The summed E-state index contributed by atoms with van der Waals surface area (Å²) in [4.78, 5) is 4.64. The third-order valence-electron chi connectivity index (χ3n) is 3.21. The first kappa shape index (κ1) is 22.1. The summed E-state index contributed by atoms with van der Waals surface area (Å²) in [5.41, 5.74) is 1.31. The molecular formula is C17H30IN3O2. The van der Waals surface area contributed by atoms with Crippen molar-refractivity contribution in [1.29, 1.82) is 0 Å². The number of benzene rings is 1. The molecule has 1 aromatic rings. The van der Waals surface area contributed by atoms with Gasteiger partial charge in [-0.2, -0.15) is 0 Å². The zero-order chi connectivity index (χ0) is 16.0. The van der Waals surface area contributed by atoms with Crippen LogP contribution in [0.3, 0.4) is 0 Å². The molecule has 0 saturated carbocycles. The van der Waals surface area contributed by atoms with Crippen LogP contribution in [0.2, 0.25) is 0 Å². The first-order valence-corrected chi connectivity index (χ1v) is 7.91. The van der Waals surface area contributed by atoms with Crippen LogP contribution in [-0.4, -0.2) is 52.5 Å². The highest BCUT2D eigenvalue weighted by molar-refractivity contribution is 14.0. The molecule has 0 bridgehead atoms. The van der Waals surface area contributed by atoms with Gasteiger partial charge in [0.1, 0.15) is 0 Å². The van der Waals surface area contributed by atoms with Crippen molar-refractivity contribution in [3.05, 3.63) is 35.9 Å². The van der Waals surface area contributed by atoms with Crippen LogP contribution in [0.5, 0.6) is 0 Å². The van der Waals surface area contributed by atoms with E-state index in [1.54, 1.807) is 7.11 Å². The number of guanidine groups is 1. The molecule has 0 radical (unpaired) electrons. The van der Waals surface area contributed by atoms with Gasteiger partial charge in [-0.05, 0) is 12.5 Å². The van der Waals surface area contributed by atoms with E-state index in [1.807, 2.05) is 6.07 Å². The van der Waals surface area contributed by atoms with Gasteiger partial charge in [0, 0.05) is 32.7 Å². The van der Waals surface area contributed by atoms with Crippen LogP contribution in [0.4, 0.5) is 0 Å². The fourth-order valence-corrected chi connectivity index (χ4v) is 1.94. The average molecular weight is 435 g/mol. The Morgan fingerprint density at radius 2 is 1.87 bits per heavy atom. The van der Waals surface area contributed by atoms with Gasteiger partial charge < -0.3 is 20.1 Å². The van der Waals surface area contributed by atoms with E-state index >= 15 is 0 Å². The second-order valence-corrected chi connectivity index (χ2v) is 5.06. The van der Waals surface area contributed by atoms with Crippen molar-refractivity contribution in [2.24, 2.45) is 4.99 Å². The topological polar surface area (TPSA) is 54.9 Å². The molecule has 0 saturated heterocycles. The molecule has 0 aliphatic heterocycles. The molecule has 6 heteroatoms. The van der Waals surface area contributed by atoms with Crippen LogP contribution in [-0.2, 0) is 9.47 Å². The minimum absolute atomic E-state index is 0. The number of rotatable bonds is 10. The predicted molar refractivity (Wildman–Crippen MR) is 107 cm³/mol. The molecule has 23 heavy (non-hydrogen) atoms. The fourth-order valence-electron chi connectivity index (χ4n) is 1.94. The molecule has 0 amide bonds. The lowest BCUT2D eigenvalue weighted by Gasteiger charge is -2.14. The van der Waals surface area contributed by atoms with Gasteiger partial charge in [-0.3, -0.25) is 4.99 Å². The zero-order valence-corrected chi connectivity index (χ0v) is 16.7. The van der Waals surface area contributed by atoms with E-state index in [9.17, 15) is 0 Å². The lowest BCUT2D eigenvalue weighted by Crippen LogP contribution is -2.39. The number of aliphatic imine (C=N–C) groups is 1. The predicted octanol–water partition coefficient (Wildman–Crippen LogP) is 2.63. The van der Waals surface area contributed by atoms with E-state index in [2.05, 4.69) is 53.7 Å². The molecule has 0 heterocycles. The van der Waals surface area contributed by atoms with Crippen molar-refractivity contribution in [1.82, 2.24) is 10.6 Å². The lowest BCUT2D eigenvalue weighted by molar-refractivity contribution is 0.0733. The number of nitrogens with one attached hydrogen (secondary N) is 2. The maximum atomic E-state index is 5.43. The Kier molecular flexibility index (Phi) is 14.2. The highest BCUT2D eigenvalue weighted by Crippen LogP contribution is 2.14. The molecule has 0 aliphatic rings. The molecule has 0 spiro atoms. The standard InChI is InChI=1S/C17H29N3O2.HI/c1-4-18-17(19-10-11-22-13-12-21-3)20-14-15(2)16-8-6-5-7-9-16;/h5-9,15H,4,10-14H2,1-3H3,(H2,18,19,20);1H. The van der Waals surface area contributed by atoms with Crippen LogP contribution in [0.25, 0.3) is 0 Å². The van der Waals surface area contributed by atoms with Crippen molar-refractivity contribution in [2.75, 3.05) is 46.6 Å². The minimum atomic E-state index is 0. The number of hydrogen-bond donors (Lipinski definition) is 2. The second-order valence-electron chi connectivity index (χ2n) is 5.06. The molecule has 1 aromatic carbocycles. The highest BCUT2D eigenvalue weighted by Gasteiger charge is 2.04. The third kappa shape index (κ3) is 10.5. The number of nitrogens with zero attached hydrogens (tertiary/aromatic N) is 1. The van der Waals surface area contributed by atoms with Gasteiger partial charge >= 0.3 is 0 Å². The summed E-state index contributed by atoms with van der Waals surface area (Å²) in [6, 6.07) is 10.5. The van der Waals surface area contributed by atoms with E-state index in [0.29, 0.717) is 25.7 Å². The van der Waals surface area contributed by atoms with Gasteiger partial charge in [0.05, 0.1) is 19.8 Å². The minimum Gasteiger partial charge on any atom is -0.382 e. The average Bonchev–Trinajstić information content (AvgIpc) is 2.56. The van der Waals surface area contributed by atoms with Gasteiger partial charge in [0.15, 0.2) is 5.96 Å². The summed E-state index contributed by atoms with van der Waals surface area (Å²) < 4.78 is 10.4. The molecule has 1 atom stereocenters. The molecule has 0 aromatic heterocycles. The lowest BCUT2D eigenvalue weighted by atomic mass is 10.0. The monoisotopic (exact) mass is 435 g/mol. The van der Waals surface area contributed by atoms with Crippen molar-refractivity contribution >= 4 is 29.9 Å². The molecule has 5 nitrogen and oxygen atoms in total. The van der Waals surface area contributed by atoms with Gasteiger partial charge in [-0.1, -0.05) is 37.3 Å². The normalized spacial score (nSPS) is 12.4. The summed E-state index contributed by atoms with van der Waals surface area (Å²) >= 11 is 0. The Balaban J connectivity index is 0.00000484. The Labute approximate surface area is 157 Å². The smallest absolute Gasteiger partial charge is 0.191 e. The first-order chi connectivity index (χ1) is 10.8. The second kappa shape index (κ2) is 14.7. The van der Waals surface area contributed by atoms with E-state index in [-0.39, 0.29) is 24.0 Å². The van der Waals surface area contributed by atoms with Crippen molar-refractivity contribution in [3.8, 4) is 0 Å². The summed E-state index contributed by atoms with van der Waals surface area (Å²) in [6.45, 7) is 8.47. The van der Waals surface area contributed by atoms with Crippen molar-refractivity contribution < 1.29 is 9.47 Å². The highest BCUT2D eigenvalue weighted by atomic mass is 127. The molecule has 2 N–H and O–H groups in total. The Morgan fingerprint density at radius 1 is 1.13 bits per heavy atom. The molecule has 0 aliphatic carbocycles. The Bertz CT molecular complexity index is 416. The maximum Gasteiger partial charge on any atom is 0.191 e. The molecule has 132 valence electrons. The number of ether oxygens (including phenoxy) is 2. The van der Waals surface area contributed by atoms with Crippen LogP contribution in [0.1, 0.15) is 25.3 Å². The summed E-state index contributed by atoms with van der Waals surface area (Å²) in [5, 5.41) is 6.53. The Hall–Kier alpha value is -0.860. The maximum absolute atomic E-state index is 5.43. The summed E-state index contributed by atoms with van der Waals surface area (Å²) in [6.07, 6.45) is 0. The summed E-state index contributed by atoms with van der Waals surface area (Å²) in [5.74, 6) is 1.23. The van der Waals surface area contributed by atoms with Gasteiger partial charge in [-0.15, -0.1) is 24.0 Å². The molecule has 0 fully saturated rings. The number of halogens is 1. The van der Waals surface area contributed by atoms with E-state index in [0.717, 1.165) is 25.6 Å². The molecular weight excluding hydrogens is 405 g/mol. The molecule has 1 unspecified atom stereocenters. The molecule has 1 rings (SSSR count). The van der Waals surface area contributed by atoms with E-state index in [1.165, 1.54) is 5.56 Å². The van der Waals surface area contributed by atoms with Crippen LogP contribution in [0, 0.1) is 0 Å². The van der Waals surface area contributed by atoms with Gasteiger partial charge in [0.2, 0.25) is 0 Å². The third-order valence-corrected chi connectivity index (χ3v) is 3.21. The summed E-state index contributed by atoms with van der Waals surface area (Å²) in [7, 11) is 1.67. The number of methoxy groups -OCH3 is 1. The van der Waals surface area contributed by atoms with E-state index < -0.39 is 0 Å². The van der Waals surface area contributed by atoms with Crippen LogP contribution in [0.15, 0.2) is 35.3 Å². The number of hydrogen-bond acceptors (Lipinski definition) is 3. The van der Waals surface area contributed by atoms with Crippen molar-refractivity contribution in [3.63, 3.8) is 0 Å². The largest absolute Gasteiger partial charge is 0.382 e. The fraction of sp³-hybridized carbons (Fsp3) is 0.588. The zero-order valence-electron chi connectivity index (χ0n) is 14.4. The van der Waals surface area contributed by atoms with Gasteiger partial charge in [-0.25, -0.2) is 0 Å². The van der Waals surface area contributed by atoms with Crippen LogP contribution >= 0.6 is 24.0 Å². The Morgan fingerprint density at radius 3 is 2.52 bits per heavy atom. The van der Waals surface area contributed by atoms with Crippen molar-refractivity contribution in [2.45, 2.75) is 19.8 Å². The van der Waals surface area contributed by atoms with E-state index in [4.69, 9.17) is 9.47 Å². The SMILES string of the molecule is CCNC(=NCC(C)c1ccccc1)NCCOCCOC.I. The quantitative estimate of drug-likeness (QED) is 0.257. The first-order valence-electron chi connectivity index (χ1n) is 7.91. The van der Waals surface area contributed by atoms with Gasteiger partial charge in [0.25, 0.3) is 0 Å².